The van der Waals surface area contributed by atoms with Crippen LogP contribution in [-0.4, -0.2) is 47.0 Å². The van der Waals surface area contributed by atoms with E-state index in [1.165, 1.54) is 5.56 Å². The zero-order valence-electron chi connectivity index (χ0n) is 14.9. The molecule has 1 fully saturated rings. The number of rotatable bonds is 5. The molecule has 1 aromatic carbocycles. The van der Waals surface area contributed by atoms with Gasteiger partial charge in [0.05, 0.1) is 0 Å². The molecule has 0 unspecified atom stereocenters. The molecule has 25 heavy (non-hydrogen) atoms. The molecule has 1 aromatic heterocycles. The van der Waals surface area contributed by atoms with E-state index in [0.717, 1.165) is 25.2 Å². The average Bonchev–Trinajstić information content (AvgIpc) is 2.95. The molecule has 5 nitrogen and oxygen atoms in total. The molecule has 1 saturated heterocycles. The van der Waals surface area contributed by atoms with Crippen LogP contribution in [0, 0.1) is 5.92 Å². The summed E-state index contributed by atoms with van der Waals surface area (Å²) in [6.07, 6.45) is 3.50. The largest absolute Gasteiger partial charge is 0.334 e. The molecule has 1 N–H and O–H groups in total. The Kier molecular flexibility index (Phi) is 5.66. The average molecular weight is 338 g/mol. The molecule has 0 spiro atoms. The Morgan fingerprint density at radius 1 is 1.16 bits per heavy atom. The topological polar surface area (TPSA) is 48.5 Å². The summed E-state index contributed by atoms with van der Waals surface area (Å²) in [6.45, 7) is 5.63. The summed E-state index contributed by atoms with van der Waals surface area (Å²) >= 11 is 0. The van der Waals surface area contributed by atoms with Gasteiger partial charge in [0.2, 0.25) is 0 Å². The van der Waals surface area contributed by atoms with Crippen LogP contribution in [0.15, 0.2) is 54.9 Å². The van der Waals surface area contributed by atoms with E-state index in [4.69, 9.17) is 0 Å². The molecular weight excluding hydrogens is 312 g/mol. The van der Waals surface area contributed by atoms with E-state index in [9.17, 15) is 4.79 Å². The van der Waals surface area contributed by atoms with Gasteiger partial charge in [0.15, 0.2) is 0 Å². The van der Waals surface area contributed by atoms with E-state index in [1.54, 1.807) is 17.3 Å². The Balaban J connectivity index is 1.51. The van der Waals surface area contributed by atoms with Gasteiger partial charge in [-0.15, -0.1) is 0 Å². The van der Waals surface area contributed by atoms with Crippen LogP contribution >= 0.6 is 0 Å². The fraction of sp³-hybridized carbons (Fsp3) is 0.400. The van der Waals surface area contributed by atoms with Crippen molar-refractivity contribution in [3.63, 3.8) is 0 Å². The Morgan fingerprint density at radius 3 is 2.60 bits per heavy atom. The van der Waals surface area contributed by atoms with Crippen LogP contribution in [0.3, 0.4) is 0 Å². The molecule has 0 bridgehead atoms. The summed E-state index contributed by atoms with van der Waals surface area (Å²) in [4.78, 5) is 20.6. The molecule has 2 atom stereocenters. The maximum atomic E-state index is 12.5. The summed E-state index contributed by atoms with van der Waals surface area (Å²) in [5.41, 5.74) is 2.40. The van der Waals surface area contributed by atoms with Crippen molar-refractivity contribution in [2.75, 3.05) is 20.1 Å². The molecule has 2 amide bonds. The van der Waals surface area contributed by atoms with Crippen LogP contribution in [0.4, 0.5) is 4.79 Å². The van der Waals surface area contributed by atoms with Gasteiger partial charge in [-0.2, -0.15) is 0 Å². The molecule has 1 aliphatic rings. The minimum atomic E-state index is -0.0183. The van der Waals surface area contributed by atoms with Crippen LogP contribution in [0.2, 0.25) is 0 Å². The lowest BCUT2D eigenvalue weighted by Gasteiger charge is -2.23. The number of amides is 2. The molecule has 0 radical (unpaired) electrons. The van der Waals surface area contributed by atoms with Crippen LogP contribution < -0.4 is 5.32 Å². The zero-order chi connectivity index (χ0) is 17.6. The van der Waals surface area contributed by atoms with E-state index in [0.29, 0.717) is 12.5 Å². The lowest BCUT2D eigenvalue weighted by Crippen LogP contribution is -2.45. The molecule has 2 heterocycles. The van der Waals surface area contributed by atoms with Crippen LogP contribution in [-0.2, 0) is 13.1 Å². The highest BCUT2D eigenvalue weighted by Gasteiger charge is 2.31. The van der Waals surface area contributed by atoms with Crippen molar-refractivity contribution in [2.45, 2.75) is 26.1 Å². The molecule has 0 aliphatic carbocycles. The van der Waals surface area contributed by atoms with Crippen molar-refractivity contribution < 1.29 is 4.79 Å². The predicted octanol–water partition coefficient (Wildman–Crippen LogP) is 2.74. The highest BCUT2D eigenvalue weighted by Crippen LogP contribution is 2.19. The fourth-order valence-electron chi connectivity index (χ4n) is 3.33. The second-order valence-corrected chi connectivity index (χ2v) is 6.92. The number of likely N-dealkylation sites (tertiary alicyclic amines) is 1. The first-order valence-corrected chi connectivity index (χ1v) is 8.78. The van der Waals surface area contributed by atoms with E-state index in [1.807, 2.05) is 25.2 Å². The van der Waals surface area contributed by atoms with Crippen molar-refractivity contribution >= 4 is 6.03 Å². The summed E-state index contributed by atoms with van der Waals surface area (Å²) < 4.78 is 0. The van der Waals surface area contributed by atoms with E-state index in [2.05, 4.69) is 46.4 Å². The third-order valence-electron chi connectivity index (χ3n) is 4.76. The Hall–Kier alpha value is -2.40. The Morgan fingerprint density at radius 2 is 1.88 bits per heavy atom. The van der Waals surface area contributed by atoms with Gasteiger partial charge in [-0.05, 0) is 29.2 Å². The van der Waals surface area contributed by atoms with Crippen molar-refractivity contribution in [1.82, 2.24) is 20.1 Å². The molecule has 0 saturated carbocycles. The monoisotopic (exact) mass is 338 g/mol. The molecule has 5 heteroatoms. The van der Waals surface area contributed by atoms with E-state index in [-0.39, 0.29) is 12.1 Å². The van der Waals surface area contributed by atoms with Gasteiger partial charge in [-0.1, -0.05) is 37.3 Å². The van der Waals surface area contributed by atoms with Gasteiger partial charge in [0.1, 0.15) is 0 Å². The number of carbonyl (C=O) groups is 1. The summed E-state index contributed by atoms with van der Waals surface area (Å²) in [5.74, 6) is 0.446. The van der Waals surface area contributed by atoms with Crippen molar-refractivity contribution in [2.24, 2.45) is 5.92 Å². The van der Waals surface area contributed by atoms with Crippen LogP contribution in [0.25, 0.3) is 0 Å². The van der Waals surface area contributed by atoms with Crippen molar-refractivity contribution in [3.05, 3.63) is 66.0 Å². The van der Waals surface area contributed by atoms with Gasteiger partial charge in [0.25, 0.3) is 0 Å². The third kappa shape index (κ3) is 4.79. The maximum Gasteiger partial charge on any atom is 0.317 e. The lowest BCUT2D eigenvalue weighted by molar-refractivity contribution is 0.200. The zero-order valence-corrected chi connectivity index (χ0v) is 14.9. The smallest absolute Gasteiger partial charge is 0.317 e. The minimum absolute atomic E-state index is 0.0183. The first-order chi connectivity index (χ1) is 12.1. The van der Waals surface area contributed by atoms with Crippen molar-refractivity contribution in [1.29, 1.82) is 0 Å². The molecule has 132 valence electrons. The molecule has 3 rings (SSSR count). The highest BCUT2D eigenvalue weighted by molar-refractivity contribution is 5.74. The molecule has 1 aliphatic heterocycles. The van der Waals surface area contributed by atoms with E-state index < -0.39 is 0 Å². The number of hydrogen-bond donors (Lipinski definition) is 1. The number of hydrogen-bond acceptors (Lipinski definition) is 3. The second-order valence-electron chi connectivity index (χ2n) is 6.92. The SMILES string of the molecule is C[C@H]1CN(Cc2ccccc2)C[C@H]1NC(=O)N(C)Cc1ccncc1. The van der Waals surface area contributed by atoms with Gasteiger partial charge in [-0.25, -0.2) is 4.79 Å². The quantitative estimate of drug-likeness (QED) is 0.912. The number of carbonyl (C=O) groups excluding carboxylic acids is 1. The lowest BCUT2D eigenvalue weighted by atomic mass is 10.1. The normalized spacial score (nSPS) is 20.4. The molecule has 2 aromatic rings. The summed E-state index contributed by atoms with van der Waals surface area (Å²) in [6, 6.07) is 14.5. The summed E-state index contributed by atoms with van der Waals surface area (Å²) in [7, 11) is 1.83. The second kappa shape index (κ2) is 8.12. The fourth-order valence-corrected chi connectivity index (χ4v) is 3.33. The first kappa shape index (κ1) is 17.4. The molecular formula is C20H26N4O. The number of nitrogens with zero attached hydrogens (tertiary/aromatic N) is 3. The Bertz CT molecular complexity index is 677. The van der Waals surface area contributed by atoms with Crippen molar-refractivity contribution in [3.8, 4) is 0 Å². The summed E-state index contributed by atoms with van der Waals surface area (Å²) in [5, 5.41) is 3.19. The van der Waals surface area contributed by atoms with Gasteiger partial charge in [-0.3, -0.25) is 9.88 Å². The number of urea groups is 1. The Labute approximate surface area is 149 Å². The van der Waals surface area contributed by atoms with Crippen LogP contribution in [0.5, 0.6) is 0 Å². The minimum Gasteiger partial charge on any atom is -0.334 e. The standard InChI is InChI=1S/C20H26N4O/c1-16-12-24(14-17-6-4-3-5-7-17)15-19(16)22-20(25)23(2)13-18-8-10-21-11-9-18/h3-11,16,19H,12-15H2,1-2H3,(H,22,25)/t16-,19+/m0/s1. The van der Waals surface area contributed by atoms with Gasteiger partial charge in [0, 0.05) is 51.7 Å². The first-order valence-electron chi connectivity index (χ1n) is 8.78. The van der Waals surface area contributed by atoms with Gasteiger partial charge >= 0.3 is 6.03 Å². The number of nitrogens with one attached hydrogen (secondary N) is 1. The maximum absolute atomic E-state index is 12.5. The van der Waals surface area contributed by atoms with E-state index >= 15 is 0 Å². The number of benzene rings is 1. The number of aromatic nitrogens is 1. The van der Waals surface area contributed by atoms with Gasteiger partial charge < -0.3 is 10.2 Å². The number of pyridine rings is 1. The van der Waals surface area contributed by atoms with Crippen LogP contribution in [0.1, 0.15) is 18.1 Å². The highest BCUT2D eigenvalue weighted by atomic mass is 16.2. The predicted molar refractivity (Wildman–Crippen MR) is 98.9 cm³/mol. The third-order valence-corrected chi connectivity index (χ3v) is 4.76.